The fourth-order valence-corrected chi connectivity index (χ4v) is 14.0. The van der Waals surface area contributed by atoms with E-state index in [1.54, 1.807) is 24.3 Å². The first kappa shape index (κ1) is 42.5. The van der Waals surface area contributed by atoms with Crippen LogP contribution in [-0.2, 0) is 5.41 Å². The molecule has 2 nitrogen and oxygen atoms in total. The summed E-state index contributed by atoms with van der Waals surface area (Å²) in [6, 6.07) is 87.6. The van der Waals surface area contributed by atoms with Crippen molar-refractivity contribution < 1.29 is 8.78 Å². The molecule has 12 aromatic carbocycles. The molecule has 15 rings (SSSR count). The highest BCUT2D eigenvalue weighted by atomic mass is 32.1. The van der Waals surface area contributed by atoms with E-state index in [2.05, 4.69) is 204 Å². The number of anilines is 6. The number of halogens is 2. The van der Waals surface area contributed by atoms with E-state index in [1.807, 2.05) is 47.7 Å². The third kappa shape index (κ3) is 6.02. The molecule has 0 unspecified atom stereocenters. The average Bonchev–Trinajstić information content (AvgIpc) is 4.09. The number of benzene rings is 12. The quantitative estimate of drug-likeness (QED) is 0.157. The second-order valence-corrected chi connectivity index (χ2v) is 20.3. The number of para-hydroxylation sites is 2. The molecule has 0 saturated heterocycles. The minimum Gasteiger partial charge on any atom is -0.307 e. The second-order valence-electron chi connectivity index (χ2n) is 19.3. The Morgan fingerprint density at radius 3 is 1.49 bits per heavy atom. The molecule has 0 atom stereocenters. The summed E-state index contributed by atoms with van der Waals surface area (Å²) in [4.78, 5) is 4.26. The van der Waals surface area contributed by atoms with E-state index in [4.69, 9.17) is 0 Å². The van der Waals surface area contributed by atoms with Crippen molar-refractivity contribution in [3.63, 3.8) is 0 Å². The minimum absolute atomic E-state index is 0.324. The Bertz CT molecular complexity index is 4390. The van der Waals surface area contributed by atoms with Crippen LogP contribution in [0.3, 0.4) is 0 Å². The Balaban J connectivity index is 1.14. The van der Waals surface area contributed by atoms with Gasteiger partial charge in [0.05, 0.1) is 33.9 Å². The van der Waals surface area contributed by atoms with Crippen LogP contribution in [0.4, 0.5) is 42.9 Å². The zero-order valence-corrected chi connectivity index (χ0v) is 40.6. The van der Waals surface area contributed by atoms with Crippen LogP contribution in [-0.4, -0.2) is 0 Å². The van der Waals surface area contributed by atoms with Crippen molar-refractivity contribution in [1.82, 2.24) is 0 Å². The van der Waals surface area contributed by atoms with E-state index in [9.17, 15) is 0 Å². The standard InChI is InChI=1S/C69H42F2N2S/c70-58-33-12-14-35-62(58)72(60-37-16-23-43-21-4-6-25-47(43)60)46-39-40-53-57(41-46)69(55-31-10-8-27-50(55)51-28-9-11-32-56(51)69)66-65(53)64(42-54-52-30-18-29-49(67(52)74-68(54)66)45-19-2-1-3-20-45)73(63-36-15-13-34-59(63)71)61-38-17-24-44-22-5-7-26-48(44)61/h1-42H. The van der Waals surface area contributed by atoms with Crippen LogP contribution in [0.15, 0.2) is 255 Å². The summed E-state index contributed by atoms with van der Waals surface area (Å²) < 4.78 is 36.3. The molecular weight excluding hydrogens is 927 g/mol. The number of nitrogens with zero attached hydrogens (tertiary/aromatic N) is 2. The minimum atomic E-state index is -0.880. The number of hydrogen-bond acceptors (Lipinski definition) is 3. The maximum atomic E-state index is 17.2. The monoisotopic (exact) mass is 968 g/mol. The van der Waals surface area contributed by atoms with Crippen molar-refractivity contribution >= 4 is 87.2 Å². The molecule has 5 heteroatoms. The lowest BCUT2D eigenvalue weighted by molar-refractivity contribution is 0.628. The van der Waals surface area contributed by atoms with Gasteiger partial charge < -0.3 is 9.80 Å². The van der Waals surface area contributed by atoms with Crippen molar-refractivity contribution in [2.24, 2.45) is 0 Å². The molecule has 0 amide bonds. The van der Waals surface area contributed by atoms with Crippen LogP contribution in [0.25, 0.3) is 75.1 Å². The summed E-state index contributed by atoms with van der Waals surface area (Å²) >= 11 is 1.84. The molecule has 0 radical (unpaired) electrons. The molecule has 1 heterocycles. The van der Waals surface area contributed by atoms with E-state index in [-0.39, 0.29) is 11.6 Å². The summed E-state index contributed by atoms with van der Waals surface area (Å²) in [5, 5.41) is 6.35. The molecule has 13 aromatic rings. The molecule has 2 aliphatic carbocycles. The van der Waals surface area contributed by atoms with Crippen LogP contribution >= 0.6 is 11.3 Å². The first-order valence-corrected chi connectivity index (χ1v) is 25.9. The van der Waals surface area contributed by atoms with E-state index in [0.29, 0.717) is 11.4 Å². The lowest BCUT2D eigenvalue weighted by Crippen LogP contribution is -2.26. The lowest BCUT2D eigenvalue weighted by Gasteiger charge is -2.33. The van der Waals surface area contributed by atoms with Gasteiger partial charge in [0.15, 0.2) is 0 Å². The molecule has 0 bridgehead atoms. The van der Waals surface area contributed by atoms with E-state index in [0.717, 1.165) is 104 Å². The third-order valence-electron chi connectivity index (χ3n) is 15.6. The van der Waals surface area contributed by atoms with Crippen molar-refractivity contribution in [1.29, 1.82) is 0 Å². The van der Waals surface area contributed by atoms with Crippen molar-refractivity contribution in [3.05, 3.63) is 289 Å². The van der Waals surface area contributed by atoms with Gasteiger partial charge in [-0.15, -0.1) is 11.3 Å². The van der Waals surface area contributed by atoms with Gasteiger partial charge in [0.2, 0.25) is 0 Å². The molecule has 0 N–H and O–H groups in total. The normalized spacial score (nSPS) is 12.8. The average molecular weight is 969 g/mol. The largest absolute Gasteiger partial charge is 0.307 e. The van der Waals surface area contributed by atoms with Crippen LogP contribution < -0.4 is 9.80 Å². The van der Waals surface area contributed by atoms with Crippen molar-refractivity contribution in [2.75, 3.05) is 9.80 Å². The van der Waals surface area contributed by atoms with Gasteiger partial charge in [-0.2, -0.15) is 0 Å². The van der Waals surface area contributed by atoms with E-state index in [1.165, 1.54) is 15.8 Å². The highest BCUT2D eigenvalue weighted by Gasteiger charge is 2.54. The van der Waals surface area contributed by atoms with Gasteiger partial charge in [0, 0.05) is 42.2 Å². The van der Waals surface area contributed by atoms with Crippen LogP contribution in [0.1, 0.15) is 22.3 Å². The van der Waals surface area contributed by atoms with E-state index < -0.39 is 5.41 Å². The highest BCUT2D eigenvalue weighted by molar-refractivity contribution is 7.26. The van der Waals surface area contributed by atoms with Crippen LogP contribution in [0.2, 0.25) is 0 Å². The predicted octanol–water partition coefficient (Wildman–Crippen LogP) is 19.6. The third-order valence-corrected chi connectivity index (χ3v) is 16.8. The van der Waals surface area contributed by atoms with Gasteiger partial charge in [0.25, 0.3) is 0 Å². The van der Waals surface area contributed by atoms with Crippen LogP contribution in [0, 0.1) is 11.6 Å². The Morgan fingerprint density at radius 1 is 0.324 bits per heavy atom. The molecule has 1 spiro atoms. The van der Waals surface area contributed by atoms with E-state index >= 15 is 8.78 Å². The topological polar surface area (TPSA) is 6.48 Å². The first-order chi connectivity index (χ1) is 36.6. The molecule has 74 heavy (non-hydrogen) atoms. The van der Waals surface area contributed by atoms with Gasteiger partial charge in [-0.3, -0.25) is 0 Å². The summed E-state index contributed by atoms with van der Waals surface area (Å²) in [5.41, 5.74) is 14.7. The summed E-state index contributed by atoms with van der Waals surface area (Å²) in [7, 11) is 0. The fourth-order valence-electron chi connectivity index (χ4n) is 12.6. The SMILES string of the molecule is Fc1ccccc1N(c1ccc2c(c1)C1(c3ccccc3-c3ccccc31)c1c-2c(N(c2ccccc2F)c2cccc3ccccc23)cc2c1sc1c(-c3ccccc3)cccc12)c1cccc2ccccc12. The number of rotatable bonds is 7. The number of thiophene rings is 1. The Hall–Kier alpha value is -9.16. The summed E-state index contributed by atoms with van der Waals surface area (Å²) in [6.07, 6.45) is 0. The Labute approximate surface area is 430 Å². The zero-order valence-electron chi connectivity index (χ0n) is 39.8. The highest BCUT2D eigenvalue weighted by Crippen LogP contribution is 2.68. The lowest BCUT2D eigenvalue weighted by atomic mass is 9.70. The summed E-state index contributed by atoms with van der Waals surface area (Å²) in [6.45, 7) is 0. The Kier molecular flexibility index (Phi) is 9.44. The number of fused-ring (bicyclic) bond motifs is 16. The molecular formula is C69H42F2N2S. The molecule has 1 aromatic heterocycles. The Morgan fingerprint density at radius 2 is 0.824 bits per heavy atom. The smallest absolute Gasteiger partial charge is 0.147 e. The molecule has 348 valence electrons. The first-order valence-electron chi connectivity index (χ1n) is 25.1. The zero-order chi connectivity index (χ0) is 49.1. The van der Waals surface area contributed by atoms with Gasteiger partial charge >= 0.3 is 0 Å². The van der Waals surface area contributed by atoms with Crippen molar-refractivity contribution in [2.45, 2.75) is 5.41 Å². The van der Waals surface area contributed by atoms with Gasteiger partial charge in [-0.25, -0.2) is 8.78 Å². The fraction of sp³-hybridized carbons (Fsp3) is 0.0145. The molecule has 0 aliphatic heterocycles. The van der Waals surface area contributed by atoms with Crippen molar-refractivity contribution in [3.8, 4) is 33.4 Å². The molecule has 0 saturated carbocycles. The molecule has 0 fully saturated rings. The predicted molar refractivity (Wildman–Crippen MR) is 305 cm³/mol. The van der Waals surface area contributed by atoms with Gasteiger partial charge in [-0.1, -0.05) is 200 Å². The maximum Gasteiger partial charge on any atom is 0.147 e. The number of hydrogen-bond donors (Lipinski definition) is 0. The van der Waals surface area contributed by atoms with Gasteiger partial charge in [0.1, 0.15) is 11.6 Å². The maximum absolute atomic E-state index is 17.2. The summed E-state index contributed by atoms with van der Waals surface area (Å²) in [5.74, 6) is -0.652. The molecule has 2 aliphatic rings. The van der Waals surface area contributed by atoms with Crippen LogP contribution in [0.5, 0.6) is 0 Å². The van der Waals surface area contributed by atoms with Gasteiger partial charge in [-0.05, 0) is 115 Å². The second kappa shape index (κ2) is 16.4.